The lowest BCUT2D eigenvalue weighted by Crippen LogP contribution is -2.70. The van der Waals surface area contributed by atoms with Crippen molar-refractivity contribution in [3.63, 3.8) is 0 Å². The maximum absolute atomic E-state index is 12.6. The summed E-state index contributed by atoms with van der Waals surface area (Å²) < 4.78 is 0.711. The van der Waals surface area contributed by atoms with Crippen molar-refractivity contribution in [2.75, 3.05) is 11.5 Å². The lowest BCUT2D eigenvalue weighted by atomic mass is 10.0. The second-order valence-electron chi connectivity index (χ2n) is 6.67. The number of nitrogens with zero attached hydrogens (tertiary/aromatic N) is 3. The summed E-state index contributed by atoms with van der Waals surface area (Å²) in [6.07, 6.45) is -0.330. The van der Waals surface area contributed by atoms with Gasteiger partial charge in [0.1, 0.15) is 22.1 Å². The third-order valence-corrected chi connectivity index (χ3v) is 7.89. The molecule has 0 spiro atoms. The van der Waals surface area contributed by atoms with Gasteiger partial charge < -0.3 is 15.5 Å². The molecule has 166 valence electrons. The van der Waals surface area contributed by atoms with Crippen molar-refractivity contribution in [2.24, 2.45) is 0 Å². The van der Waals surface area contributed by atoms with Crippen LogP contribution in [0.4, 0.5) is 0 Å². The Labute approximate surface area is 188 Å². The monoisotopic (exact) mass is 486 g/mol. The zero-order chi connectivity index (χ0) is 22.7. The van der Waals surface area contributed by atoms with Gasteiger partial charge in [0, 0.05) is 24.3 Å². The molecule has 3 N–H and O–H groups in total. The van der Waals surface area contributed by atoms with Crippen molar-refractivity contribution in [1.82, 2.24) is 20.4 Å². The van der Waals surface area contributed by atoms with Gasteiger partial charge in [0.2, 0.25) is 11.7 Å². The van der Waals surface area contributed by atoms with Crippen LogP contribution in [0.15, 0.2) is 15.6 Å². The Morgan fingerprint density at radius 2 is 1.97 bits per heavy atom. The number of hydrogen-bond acceptors (Lipinski definition) is 10. The fourth-order valence-corrected chi connectivity index (χ4v) is 6.34. The van der Waals surface area contributed by atoms with Crippen LogP contribution in [0, 0.1) is 6.92 Å². The van der Waals surface area contributed by atoms with Crippen LogP contribution < -0.4 is 5.32 Å². The highest BCUT2D eigenvalue weighted by atomic mass is 32.2. The van der Waals surface area contributed by atoms with Gasteiger partial charge in [-0.15, -0.1) is 22.0 Å². The summed E-state index contributed by atoms with van der Waals surface area (Å²) in [7, 11) is 0. The summed E-state index contributed by atoms with van der Waals surface area (Å²) in [5.74, 6) is -4.00. The molecule has 1 aromatic rings. The summed E-state index contributed by atoms with van der Waals surface area (Å²) >= 11 is 4.12. The molecule has 2 aliphatic rings. The van der Waals surface area contributed by atoms with Crippen LogP contribution in [-0.4, -0.2) is 77.8 Å². The topological polar surface area (TPSA) is 167 Å². The molecule has 1 aromatic heterocycles. The van der Waals surface area contributed by atoms with E-state index in [1.165, 1.54) is 39.8 Å². The van der Waals surface area contributed by atoms with Crippen LogP contribution in [-0.2, 0) is 24.0 Å². The molecule has 11 nitrogen and oxygen atoms in total. The first-order chi connectivity index (χ1) is 14.7. The van der Waals surface area contributed by atoms with E-state index in [2.05, 4.69) is 15.5 Å². The number of carboxylic acids is 2. The van der Waals surface area contributed by atoms with Crippen molar-refractivity contribution in [3.05, 3.63) is 16.3 Å². The van der Waals surface area contributed by atoms with Crippen molar-refractivity contribution < 1.29 is 34.2 Å². The number of fused-ring (bicyclic) bond motifs is 1. The van der Waals surface area contributed by atoms with Crippen molar-refractivity contribution in [2.45, 2.75) is 41.9 Å². The summed E-state index contributed by atoms with van der Waals surface area (Å²) in [4.78, 5) is 59.2. The minimum atomic E-state index is -1.55. The van der Waals surface area contributed by atoms with Crippen LogP contribution in [0.25, 0.3) is 0 Å². The molecule has 1 fully saturated rings. The summed E-state index contributed by atoms with van der Waals surface area (Å²) in [6, 6.07) is -0.859. The molecule has 3 heterocycles. The maximum Gasteiger partial charge on any atom is 0.372 e. The quantitative estimate of drug-likeness (QED) is 0.239. The third-order valence-electron chi connectivity index (χ3n) is 4.49. The Bertz CT molecular complexity index is 977. The highest BCUT2D eigenvalue weighted by molar-refractivity contribution is 8.01. The van der Waals surface area contributed by atoms with Gasteiger partial charge in [-0.25, -0.2) is 9.59 Å². The van der Waals surface area contributed by atoms with E-state index in [0.717, 1.165) is 5.01 Å². The number of nitrogens with one attached hydrogen (secondary N) is 1. The molecule has 0 aliphatic carbocycles. The molecule has 0 aromatic carbocycles. The van der Waals surface area contributed by atoms with E-state index >= 15 is 0 Å². The number of carbonyl (C=O) groups is 5. The maximum atomic E-state index is 12.6. The molecule has 14 heteroatoms. The first-order valence-corrected chi connectivity index (χ1v) is 11.9. The number of hydrogen-bond donors (Lipinski definition) is 3. The smallest absolute Gasteiger partial charge is 0.372 e. The second kappa shape index (κ2) is 9.78. The molecule has 2 atom stereocenters. The molecule has 2 amide bonds. The number of aliphatic carboxylic acids is 2. The van der Waals surface area contributed by atoms with Crippen LogP contribution >= 0.6 is 34.9 Å². The predicted octanol–water partition coefficient (Wildman–Crippen LogP) is 0.501. The minimum Gasteiger partial charge on any atom is -0.477 e. The van der Waals surface area contributed by atoms with E-state index in [1.807, 2.05) is 6.92 Å². The highest BCUT2D eigenvalue weighted by Gasteiger charge is 2.54. The Hall–Kier alpha value is -2.45. The zero-order valence-electron chi connectivity index (χ0n) is 16.2. The molecule has 1 saturated heterocycles. The van der Waals surface area contributed by atoms with Crippen LogP contribution in [0.1, 0.15) is 24.3 Å². The first kappa shape index (κ1) is 23.2. The van der Waals surface area contributed by atoms with Gasteiger partial charge in [-0.3, -0.25) is 19.3 Å². The number of β-lactam (4-membered cyclic amide) rings is 1. The Balaban J connectivity index is 1.59. The normalized spacial score (nSPS) is 20.2. The molecule has 0 saturated carbocycles. The average Bonchev–Trinajstić information content (AvgIpc) is 3.14. The molecular weight excluding hydrogens is 468 g/mol. The van der Waals surface area contributed by atoms with Gasteiger partial charge in [-0.1, -0.05) is 23.1 Å². The van der Waals surface area contributed by atoms with E-state index in [-0.39, 0.29) is 25.0 Å². The van der Waals surface area contributed by atoms with E-state index in [4.69, 9.17) is 5.11 Å². The number of ketones is 1. The number of rotatable bonds is 10. The van der Waals surface area contributed by atoms with Crippen LogP contribution in [0.3, 0.4) is 0 Å². The lowest BCUT2D eigenvalue weighted by molar-refractivity contribution is -0.150. The molecule has 0 bridgehead atoms. The number of aryl methyl sites for hydroxylation is 1. The van der Waals surface area contributed by atoms with E-state index < -0.39 is 41.0 Å². The van der Waals surface area contributed by atoms with Crippen molar-refractivity contribution in [3.8, 4) is 0 Å². The van der Waals surface area contributed by atoms with Crippen LogP contribution in [0.2, 0.25) is 0 Å². The lowest BCUT2D eigenvalue weighted by Gasteiger charge is -2.49. The second-order valence-corrected chi connectivity index (χ2v) is 10.2. The molecule has 3 rings (SSSR count). The minimum absolute atomic E-state index is 0.0478. The standard InChI is InChI=1S/C17H18N4O7S3/c1-7-19-20-17(31-7)30-6-8-5-29-14-11(13(24)21(14)12(8)16(27)28)18-10(23)4-2-3-9(22)15(25)26/h11,14H,2-6H2,1H3,(H,18,23)(H,25,26)(H,27,28). The Morgan fingerprint density at radius 3 is 2.58 bits per heavy atom. The van der Waals surface area contributed by atoms with Crippen LogP contribution in [0.5, 0.6) is 0 Å². The fourth-order valence-electron chi connectivity index (χ4n) is 3.04. The van der Waals surface area contributed by atoms with Gasteiger partial charge in [0.25, 0.3) is 5.91 Å². The van der Waals surface area contributed by atoms with Gasteiger partial charge in [-0.2, -0.15) is 0 Å². The van der Waals surface area contributed by atoms with Crippen molar-refractivity contribution in [1.29, 1.82) is 0 Å². The Kier molecular flexibility index (Phi) is 7.33. The number of amides is 2. The van der Waals surface area contributed by atoms with E-state index in [9.17, 15) is 29.1 Å². The molecule has 0 radical (unpaired) electrons. The largest absolute Gasteiger partial charge is 0.477 e. The summed E-state index contributed by atoms with van der Waals surface area (Å²) in [5, 5.41) is 29.0. The van der Waals surface area contributed by atoms with Gasteiger partial charge in [-0.05, 0) is 18.9 Å². The van der Waals surface area contributed by atoms with E-state index in [0.29, 0.717) is 21.4 Å². The first-order valence-electron chi connectivity index (χ1n) is 9.07. The molecule has 2 unspecified atom stereocenters. The van der Waals surface area contributed by atoms with Gasteiger partial charge >= 0.3 is 11.9 Å². The Morgan fingerprint density at radius 1 is 1.23 bits per heavy atom. The SMILES string of the molecule is Cc1nnc(SCC2=C(C(=O)O)N3C(=O)C(NC(=O)CCCC(=O)C(=O)O)C3SC2)s1. The third kappa shape index (κ3) is 5.25. The molecule has 2 aliphatic heterocycles. The predicted molar refractivity (Wildman–Crippen MR) is 112 cm³/mol. The zero-order valence-corrected chi connectivity index (χ0v) is 18.6. The van der Waals surface area contributed by atoms with Gasteiger partial charge in [0.15, 0.2) is 4.34 Å². The number of carboxylic acid groups (broad SMARTS) is 2. The molecule has 31 heavy (non-hydrogen) atoms. The number of thioether (sulfide) groups is 2. The fraction of sp³-hybridized carbons (Fsp3) is 0.471. The summed E-state index contributed by atoms with van der Waals surface area (Å²) in [6.45, 7) is 1.82. The van der Waals surface area contributed by atoms with Gasteiger partial charge in [0.05, 0.1) is 0 Å². The average molecular weight is 487 g/mol. The highest BCUT2D eigenvalue weighted by Crippen LogP contribution is 2.41. The number of aromatic nitrogens is 2. The number of Topliss-reactive ketones (excluding diaryl/α,β-unsaturated/α-hetero) is 1. The molecular formula is C17H18N4O7S3. The number of carbonyl (C=O) groups excluding carboxylic acids is 3. The van der Waals surface area contributed by atoms with Crippen molar-refractivity contribution >= 4 is 64.4 Å². The van der Waals surface area contributed by atoms with E-state index in [1.54, 1.807) is 0 Å². The summed E-state index contributed by atoms with van der Waals surface area (Å²) in [5.41, 5.74) is 0.525.